The lowest BCUT2D eigenvalue weighted by Gasteiger charge is -2.28. The monoisotopic (exact) mass is 345 g/mol. The summed E-state index contributed by atoms with van der Waals surface area (Å²) in [7, 11) is 0. The minimum atomic E-state index is -0.474. The van der Waals surface area contributed by atoms with Crippen LogP contribution in [0, 0.1) is 10.1 Å². The molecule has 1 aromatic carbocycles. The number of amides is 1. The standard InChI is InChI=1S/C17H19N3O3S/c21-17(15-8-9-16(24-15)20(22)23)18-12-14(19-10-4-5-11-19)13-6-2-1-3-7-13/h1-3,6-9,14H,4-5,10-12H2,(H,18,21). The van der Waals surface area contributed by atoms with Crippen molar-refractivity contribution in [2.24, 2.45) is 0 Å². The number of rotatable bonds is 6. The molecule has 0 radical (unpaired) electrons. The summed E-state index contributed by atoms with van der Waals surface area (Å²) in [5.74, 6) is -0.256. The minimum Gasteiger partial charge on any atom is -0.349 e. The first-order chi connectivity index (χ1) is 11.6. The Balaban J connectivity index is 1.68. The molecule has 1 unspecified atom stereocenters. The van der Waals surface area contributed by atoms with E-state index in [-0.39, 0.29) is 17.0 Å². The topological polar surface area (TPSA) is 75.5 Å². The van der Waals surface area contributed by atoms with Gasteiger partial charge in [-0.1, -0.05) is 41.7 Å². The number of thiophene rings is 1. The number of hydrogen-bond donors (Lipinski definition) is 1. The average Bonchev–Trinajstić information content (AvgIpc) is 3.28. The lowest BCUT2D eigenvalue weighted by molar-refractivity contribution is -0.380. The smallest absolute Gasteiger partial charge is 0.324 e. The van der Waals surface area contributed by atoms with E-state index >= 15 is 0 Å². The molecular formula is C17H19N3O3S. The third-order valence-corrected chi connectivity index (χ3v) is 5.25. The van der Waals surface area contributed by atoms with Crippen molar-refractivity contribution in [3.63, 3.8) is 0 Å². The maximum atomic E-state index is 12.3. The first kappa shape index (κ1) is 16.6. The maximum Gasteiger partial charge on any atom is 0.324 e. The first-order valence-electron chi connectivity index (χ1n) is 7.96. The number of nitrogens with zero attached hydrogens (tertiary/aromatic N) is 2. The lowest BCUT2D eigenvalue weighted by atomic mass is 10.1. The van der Waals surface area contributed by atoms with Crippen molar-refractivity contribution in [2.45, 2.75) is 18.9 Å². The molecule has 1 fully saturated rings. The average molecular weight is 345 g/mol. The van der Waals surface area contributed by atoms with E-state index in [1.165, 1.54) is 30.5 Å². The molecule has 2 heterocycles. The summed E-state index contributed by atoms with van der Waals surface area (Å²) in [4.78, 5) is 25.3. The molecular weight excluding hydrogens is 326 g/mol. The Morgan fingerprint density at radius 3 is 2.54 bits per heavy atom. The quantitative estimate of drug-likeness (QED) is 0.644. The van der Waals surface area contributed by atoms with Crippen LogP contribution in [0.2, 0.25) is 0 Å². The summed E-state index contributed by atoms with van der Waals surface area (Å²) >= 11 is 0.904. The molecule has 7 heteroatoms. The SMILES string of the molecule is O=C(NCC(c1ccccc1)N1CCCC1)c1ccc([N+](=O)[O-])s1. The van der Waals surface area contributed by atoms with Crippen LogP contribution in [-0.2, 0) is 0 Å². The second kappa shape index (κ2) is 7.55. The molecule has 1 aliphatic rings. The van der Waals surface area contributed by atoms with Crippen molar-refractivity contribution in [2.75, 3.05) is 19.6 Å². The van der Waals surface area contributed by atoms with E-state index in [4.69, 9.17) is 0 Å². The molecule has 3 rings (SSSR count). The van der Waals surface area contributed by atoms with Gasteiger partial charge in [-0.15, -0.1) is 0 Å². The fraction of sp³-hybridized carbons (Fsp3) is 0.353. The van der Waals surface area contributed by atoms with Gasteiger partial charge >= 0.3 is 5.00 Å². The summed E-state index contributed by atoms with van der Waals surface area (Å²) in [6.45, 7) is 2.55. The Labute approximate surface area is 144 Å². The van der Waals surface area contributed by atoms with E-state index in [2.05, 4.69) is 22.3 Å². The van der Waals surface area contributed by atoms with Gasteiger partial charge in [0, 0.05) is 12.6 Å². The van der Waals surface area contributed by atoms with Crippen LogP contribution in [0.25, 0.3) is 0 Å². The number of carbonyl (C=O) groups excluding carboxylic acids is 1. The van der Waals surface area contributed by atoms with Crippen LogP contribution in [0.3, 0.4) is 0 Å². The van der Waals surface area contributed by atoms with Crippen molar-refractivity contribution in [1.29, 1.82) is 0 Å². The number of hydrogen-bond acceptors (Lipinski definition) is 5. The van der Waals surface area contributed by atoms with Gasteiger partial charge in [-0.25, -0.2) is 0 Å². The van der Waals surface area contributed by atoms with Crippen LogP contribution in [0.1, 0.15) is 34.1 Å². The Hall–Kier alpha value is -2.25. The van der Waals surface area contributed by atoms with Crippen molar-refractivity contribution in [1.82, 2.24) is 10.2 Å². The highest BCUT2D eigenvalue weighted by molar-refractivity contribution is 7.17. The van der Waals surface area contributed by atoms with Gasteiger partial charge < -0.3 is 5.32 Å². The molecule has 1 aliphatic heterocycles. The molecule has 6 nitrogen and oxygen atoms in total. The first-order valence-corrected chi connectivity index (χ1v) is 8.78. The normalized spacial score (nSPS) is 16.0. The number of nitro groups is 1. The molecule has 1 N–H and O–H groups in total. The fourth-order valence-corrected chi connectivity index (χ4v) is 3.75. The summed E-state index contributed by atoms with van der Waals surface area (Å²) in [6.07, 6.45) is 2.35. The Morgan fingerprint density at radius 1 is 1.21 bits per heavy atom. The van der Waals surface area contributed by atoms with Crippen LogP contribution in [0.15, 0.2) is 42.5 Å². The Bertz CT molecular complexity index is 711. The number of nitrogens with one attached hydrogen (secondary N) is 1. The van der Waals surface area contributed by atoms with Gasteiger partial charge in [0.05, 0.1) is 15.8 Å². The zero-order chi connectivity index (χ0) is 16.9. The summed E-state index contributed by atoms with van der Waals surface area (Å²) in [6, 6.07) is 13.1. The van der Waals surface area contributed by atoms with Crippen molar-refractivity contribution >= 4 is 22.2 Å². The van der Waals surface area contributed by atoms with Gasteiger partial charge in [0.2, 0.25) is 0 Å². The summed E-state index contributed by atoms with van der Waals surface area (Å²) in [5.41, 5.74) is 1.18. The molecule has 1 amide bonds. The Morgan fingerprint density at radius 2 is 1.92 bits per heavy atom. The van der Waals surface area contributed by atoms with E-state index in [1.807, 2.05) is 18.2 Å². The summed E-state index contributed by atoms with van der Waals surface area (Å²) in [5, 5.41) is 13.7. The van der Waals surface area contributed by atoms with Crippen molar-refractivity contribution in [3.8, 4) is 0 Å². The highest BCUT2D eigenvalue weighted by Gasteiger charge is 2.24. The molecule has 2 aromatic rings. The molecule has 1 saturated heterocycles. The second-order valence-electron chi connectivity index (χ2n) is 5.77. The lowest BCUT2D eigenvalue weighted by Crippen LogP contribution is -2.36. The predicted octanol–water partition coefficient (Wildman–Crippen LogP) is 3.22. The van der Waals surface area contributed by atoms with Gasteiger partial charge in [-0.2, -0.15) is 0 Å². The predicted molar refractivity (Wildman–Crippen MR) is 93.3 cm³/mol. The van der Waals surface area contributed by atoms with Gasteiger partial charge in [0.25, 0.3) is 5.91 Å². The molecule has 1 aromatic heterocycles. The zero-order valence-corrected chi connectivity index (χ0v) is 14.0. The minimum absolute atomic E-state index is 0.0145. The maximum absolute atomic E-state index is 12.3. The van der Waals surface area contributed by atoms with Gasteiger partial charge in [0.1, 0.15) is 0 Å². The van der Waals surface area contributed by atoms with Crippen LogP contribution in [-0.4, -0.2) is 35.4 Å². The molecule has 126 valence electrons. The van der Waals surface area contributed by atoms with E-state index in [0.29, 0.717) is 11.4 Å². The molecule has 0 aliphatic carbocycles. The van der Waals surface area contributed by atoms with E-state index in [9.17, 15) is 14.9 Å². The van der Waals surface area contributed by atoms with Crippen molar-refractivity contribution < 1.29 is 9.72 Å². The summed E-state index contributed by atoms with van der Waals surface area (Å²) < 4.78 is 0. The van der Waals surface area contributed by atoms with E-state index in [0.717, 1.165) is 24.4 Å². The van der Waals surface area contributed by atoms with Gasteiger partial charge in [0.15, 0.2) is 0 Å². The number of likely N-dealkylation sites (tertiary alicyclic amines) is 1. The molecule has 0 bridgehead atoms. The van der Waals surface area contributed by atoms with Gasteiger partial charge in [-0.05, 0) is 37.6 Å². The van der Waals surface area contributed by atoms with Crippen molar-refractivity contribution in [3.05, 3.63) is 63.0 Å². The van der Waals surface area contributed by atoms with E-state index < -0.39 is 4.92 Å². The number of benzene rings is 1. The van der Waals surface area contributed by atoms with Gasteiger partial charge in [-0.3, -0.25) is 19.8 Å². The molecule has 1 atom stereocenters. The molecule has 24 heavy (non-hydrogen) atoms. The second-order valence-corrected chi connectivity index (χ2v) is 6.84. The largest absolute Gasteiger partial charge is 0.349 e. The van der Waals surface area contributed by atoms with Crippen LogP contribution >= 0.6 is 11.3 Å². The van der Waals surface area contributed by atoms with E-state index in [1.54, 1.807) is 0 Å². The third kappa shape index (κ3) is 3.80. The highest BCUT2D eigenvalue weighted by atomic mass is 32.1. The third-order valence-electron chi connectivity index (χ3n) is 4.22. The molecule has 0 spiro atoms. The fourth-order valence-electron chi connectivity index (χ4n) is 3.01. The molecule has 0 saturated carbocycles. The van der Waals surface area contributed by atoms with Crippen LogP contribution in [0.5, 0.6) is 0 Å². The van der Waals surface area contributed by atoms with Crippen LogP contribution < -0.4 is 5.32 Å². The highest BCUT2D eigenvalue weighted by Crippen LogP contribution is 2.26. The van der Waals surface area contributed by atoms with Crippen LogP contribution in [0.4, 0.5) is 5.00 Å². The zero-order valence-electron chi connectivity index (χ0n) is 13.2. The Kier molecular flexibility index (Phi) is 5.22. The number of carbonyl (C=O) groups is 1.